The minimum atomic E-state index is 0.562. The molecule has 0 radical (unpaired) electrons. The van der Waals surface area contributed by atoms with Crippen LogP contribution in [0.15, 0.2) is 24.3 Å². The lowest BCUT2D eigenvalue weighted by atomic mass is 10.2. The van der Waals surface area contributed by atoms with Crippen LogP contribution >= 0.6 is 0 Å². The van der Waals surface area contributed by atoms with Crippen LogP contribution in [0.3, 0.4) is 0 Å². The van der Waals surface area contributed by atoms with Crippen LogP contribution in [0.1, 0.15) is 11.4 Å². The van der Waals surface area contributed by atoms with E-state index in [1.54, 1.807) is 7.05 Å². The Bertz CT molecular complexity index is 447. The first-order valence-electron chi connectivity index (χ1n) is 5.03. The number of aryl methyl sites for hydroxylation is 1. The van der Waals surface area contributed by atoms with Gasteiger partial charge >= 0.3 is 0 Å². The van der Waals surface area contributed by atoms with Gasteiger partial charge in [0.15, 0.2) is 5.82 Å². The van der Waals surface area contributed by atoms with Crippen LogP contribution in [0, 0.1) is 0 Å². The molecule has 0 atom stereocenters. The van der Waals surface area contributed by atoms with Crippen molar-refractivity contribution in [3.05, 3.63) is 35.7 Å². The fourth-order valence-electron chi connectivity index (χ4n) is 1.33. The molecule has 0 aliphatic heterocycles. The summed E-state index contributed by atoms with van der Waals surface area (Å²) in [6, 6.07) is 7.95. The van der Waals surface area contributed by atoms with Gasteiger partial charge in [0.25, 0.3) is 0 Å². The second-order valence-electron chi connectivity index (χ2n) is 3.45. The van der Waals surface area contributed by atoms with Crippen LogP contribution in [0.25, 0.3) is 0 Å². The Kier molecular flexibility index (Phi) is 3.11. The number of hydrogen-bond acceptors (Lipinski definition) is 5. The standard InChI is InChI=1S/C10H14N6/c1-16-14-10(13-15-16)7-12-9-4-2-8(6-11)3-5-9/h2-5,12H,6-7,11H2,1H3. The van der Waals surface area contributed by atoms with Crippen molar-refractivity contribution in [1.29, 1.82) is 0 Å². The third kappa shape index (κ3) is 2.54. The van der Waals surface area contributed by atoms with Gasteiger partial charge in [-0.1, -0.05) is 12.1 Å². The maximum absolute atomic E-state index is 5.52. The first kappa shape index (κ1) is 10.6. The summed E-state index contributed by atoms with van der Waals surface area (Å²) >= 11 is 0. The van der Waals surface area contributed by atoms with Crippen molar-refractivity contribution in [2.24, 2.45) is 12.8 Å². The van der Waals surface area contributed by atoms with E-state index in [2.05, 4.69) is 20.7 Å². The van der Waals surface area contributed by atoms with Crippen LogP contribution in [0.5, 0.6) is 0 Å². The zero-order chi connectivity index (χ0) is 11.4. The largest absolute Gasteiger partial charge is 0.378 e. The Morgan fingerprint density at radius 1 is 1.31 bits per heavy atom. The van der Waals surface area contributed by atoms with Gasteiger partial charge in [-0.25, -0.2) is 0 Å². The van der Waals surface area contributed by atoms with E-state index in [4.69, 9.17) is 5.73 Å². The molecule has 6 heteroatoms. The maximum Gasteiger partial charge on any atom is 0.193 e. The smallest absolute Gasteiger partial charge is 0.193 e. The summed E-state index contributed by atoms with van der Waals surface area (Å²) in [7, 11) is 1.74. The number of hydrogen-bond donors (Lipinski definition) is 2. The van der Waals surface area contributed by atoms with E-state index >= 15 is 0 Å². The van der Waals surface area contributed by atoms with Crippen molar-refractivity contribution in [1.82, 2.24) is 20.2 Å². The van der Waals surface area contributed by atoms with E-state index < -0.39 is 0 Å². The number of benzene rings is 1. The molecule has 1 aromatic heterocycles. The molecular weight excluding hydrogens is 204 g/mol. The van der Waals surface area contributed by atoms with Crippen LogP contribution in [0.2, 0.25) is 0 Å². The molecule has 1 aromatic carbocycles. The van der Waals surface area contributed by atoms with Gasteiger partial charge in [-0.3, -0.25) is 0 Å². The molecule has 0 spiro atoms. The topological polar surface area (TPSA) is 81.7 Å². The molecule has 0 amide bonds. The summed E-state index contributed by atoms with van der Waals surface area (Å²) in [5.41, 5.74) is 7.65. The molecule has 6 nitrogen and oxygen atoms in total. The van der Waals surface area contributed by atoms with Crippen molar-refractivity contribution < 1.29 is 0 Å². The van der Waals surface area contributed by atoms with E-state index in [-0.39, 0.29) is 0 Å². The van der Waals surface area contributed by atoms with E-state index in [9.17, 15) is 0 Å². The number of nitrogens with one attached hydrogen (secondary N) is 1. The molecule has 1 heterocycles. The Morgan fingerprint density at radius 3 is 2.62 bits per heavy atom. The molecule has 0 aliphatic rings. The molecule has 0 saturated carbocycles. The van der Waals surface area contributed by atoms with Crippen LogP contribution in [-0.4, -0.2) is 20.2 Å². The highest BCUT2D eigenvalue weighted by atomic mass is 15.6. The molecule has 2 rings (SSSR count). The number of nitrogens with zero attached hydrogens (tertiary/aromatic N) is 4. The SMILES string of the molecule is Cn1nnc(CNc2ccc(CN)cc2)n1. The molecule has 0 fully saturated rings. The monoisotopic (exact) mass is 218 g/mol. The normalized spacial score (nSPS) is 10.4. The Morgan fingerprint density at radius 2 is 2.06 bits per heavy atom. The molecule has 0 unspecified atom stereocenters. The summed E-state index contributed by atoms with van der Waals surface area (Å²) in [6.07, 6.45) is 0. The summed E-state index contributed by atoms with van der Waals surface area (Å²) in [4.78, 5) is 1.44. The second-order valence-corrected chi connectivity index (χ2v) is 3.45. The van der Waals surface area contributed by atoms with Crippen molar-refractivity contribution in [3.8, 4) is 0 Å². The lowest BCUT2D eigenvalue weighted by Crippen LogP contribution is -2.02. The molecule has 0 saturated heterocycles. The van der Waals surface area contributed by atoms with Gasteiger partial charge in [-0.2, -0.15) is 4.80 Å². The first-order chi connectivity index (χ1) is 7.78. The molecule has 2 aromatic rings. The lowest BCUT2D eigenvalue weighted by Gasteiger charge is -2.04. The van der Waals surface area contributed by atoms with Crippen LogP contribution in [-0.2, 0) is 20.1 Å². The summed E-state index contributed by atoms with van der Waals surface area (Å²) < 4.78 is 0. The van der Waals surface area contributed by atoms with E-state index in [1.165, 1.54) is 4.80 Å². The van der Waals surface area contributed by atoms with Gasteiger partial charge in [0.1, 0.15) is 0 Å². The van der Waals surface area contributed by atoms with E-state index in [0.29, 0.717) is 18.9 Å². The summed E-state index contributed by atoms with van der Waals surface area (Å²) in [6.45, 7) is 1.13. The number of tetrazole rings is 1. The van der Waals surface area contributed by atoms with Gasteiger partial charge in [0, 0.05) is 12.2 Å². The Labute approximate surface area is 93.5 Å². The predicted octanol–water partition coefficient (Wildman–Crippen LogP) is 0.281. The predicted molar refractivity (Wildman–Crippen MR) is 60.5 cm³/mol. The van der Waals surface area contributed by atoms with Gasteiger partial charge in [0.05, 0.1) is 13.6 Å². The Balaban J connectivity index is 1.94. The molecule has 0 aliphatic carbocycles. The zero-order valence-electron chi connectivity index (χ0n) is 9.09. The van der Waals surface area contributed by atoms with Crippen molar-refractivity contribution in [3.63, 3.8) is 0 Å². The molecule has 16 heavy (non-hydrogen) atoms. The van der Waals surface area contributed by atoms with Gasteiger partial charge in [-0.15, -0.1) is 10.2 Å². The van der Waals surface area contributed by atoms with Gasteiger partial charge in [0.2, 0.25) is 0 Å². The average molecular weight is 218 g/mol. The lowest BCUT2D eigenvalue weighted by molar-refractivity contribution is 0.628. The molecule has 84 valence electrons. The van der Waals surface area contributed by atoms with Crippen LogP contribution < -0.4 is 11.1 Å². The van der Waals surface area contributed by atoms with Crippen molar-refractivity contribution >= 4 is 5.69 Å². The number of nitrogens with two attached hydrogens (primary N) is 1. The molecule has 0 bridgehead atoms. The summed E-state index contributed by atoms with van der Waals surface area (Å²) in [5.74, 6) is 0.672. The number of rotatable bonds is 4. The maximum atomic E-state index is 5.52. The van der Waals surface area contributed by atoms with Crippen LogP contribution in [0.4, 0.5) is 5.69 Å². The first-order valence-corrected chi connectivity index (χ1v) is 5.03. The average Bonchev–Trinajstić information content (AvgIpc) is 2.73. The third-order valence-corrected chi connectivity index (χ3v) is 2.19. The highest BCUT2D eigenvalue weighted by Gasteiger charge is 1.99. The van der Waals surface area contributed by atoms with Crippen molar-refractivity contribution in [2.45, 2.75) is 13.1 Å². The van der Waals surface area contributed by atoms with E-state index in [0.717, 1.165) is 11.3 Å². The highest BCUT2D eigenvalue weighted by Crippen LogP contribution is 2.09. The van der Waals surface area contributed by atoms with Crippen molar-refractivity contribution in [2.75, 3.05) is 5.32 Å². The summed E-state index contributed by atoms with van der Waals surface area (Å²) in [5, 5.41) is 14.9. The van der Waals surface area contributed by atoms with Gasteiger partial charge < -0.3 is 11.1 Å². The quantitative estimate of drug-likeness (QED) is 0.770. The zero-order valence-corrected chi connectivity index (χ0v) is 9.09. The second kappa shape index (κ2) is 4.71. The highest BCUT2D eigenvalue weighted by molar-refractivity contribution is 5.44. The minimum Gasteiger partial charge on any atom is -0.378 e. The minimum absolute atomic E-state index is 0.562. The molecular formula is C10H14N6. The fourth-order valence-corrected chi connectivity index (χ4v) is 1.33. The molecule has 3 N–H and O–H groups in total. The third-order valence-electron chi connectivity index (χ3n) is 2.19. The van der Waals surface area contributed by atoms with E-state index in [1.807, 2.05) is 24.3 Å². The van der Waals surface area contributed by atoms with Gasteiger partial charge in [-0.05, 0) is 22.9 Å². The fraction of sp³-hybridized carbons (Fsp3) is 0.300. The number of anilines is 1. The Hall–Kier alpha value is -1.95. The number of aromatic nitrogens is 4.